The van der Waals surface area contributed by atoms with Gasteiger partial charge in [0.2, 0.25) is 0 Å². The lowest BCUT2D eigenvalue weighted by Gasteiger charge is -2.22. The minimum Gasteiger partial charge on any atom is -0.492 e. The Balaban J connectivity index is 2.22. The smallest absolute Gasteiger partial charge is 0.146 e. The molecule has 1 aliphatic carbocycles. The number of nitrogens with two attached hydrogens (primary N) is 1. The Morgan fingerprint density at radius 3 is 2.32 bits per heavy atom. The predicted molar refractivity (Wildman–Crippen MR) is 99.6 cm³/mol. The van der Waals surface area contributed by atoms with E-state index in [0.29, 0.717) is 42.6 Å². The number of rotatable bonds is 8. The summed E-state index contributed by atoms with van der Waals surface area (Å²) in [6, 6.07) is 7.43. The second-order valence-electron chi connectivity index (χ2n) is 5.40. The molecule has 1 aliphatic rings. The number of benzene rings is 1. The van der Waals surface area contributed by atoms with Gasteiger partial charge in [0.05, 0.1) is 42.6 Å². The van der Waals surface area contributed by atoms with E-state index in [2.05, 4.69) is 4.99 Å². The number of hydrogen-bond acceptors (Lipinski definition) is 7. The Morgan fingerprint density at radius 2 is 1.76 bits per heavy atom. The molecule has 7 heteroatoms. The molecule has 0 amide bonds. The van der Waals surface area contributed by atoms with E-state index in [1.807, 2.05) is 36.1 Å². The maximum absolute atomic E-state index is 9.11. The molecule has 7 nitrogen and oxygen atoms in total. The van der Waals surface area contributed by atoms with Gasteiger partial charge < -0.3 is 25.6 Å². The first-order chi connectivity index (χ1) is 12.1. The van der Waals surface area contributed by atoms with Crippen LogP contribution in [-0.2, 0) is 4.74 Å². The summed E-state index contributed by atoms with van der Waals surface area (Å²) in [5.74, 6) is 0.448. The summed E-state index contributed by atoms with van der Waals surface area (Å²) in [5.41, 5.74) is 8.77. The first-order valence-corrected chi connectivity index (χ1v) is 8.15. The number of aliphatic imine (C=N–C) groups is 1. The molecule has 5 N–H and O–H groups in total. The number of hydrogen-bond donors (Lipinski definition) is 4. The molecule has 0 atom stereocenters. The Morgan fingerprint density at radius 1 is 1.12 bits per heavy atom. The van der Waals surface area contributed by atoms with Crippen molar-refractivity contribution in [1.82, 2.24) is 0 Å². The highest BCUT2D eigenvalue weighted by Crippen LogP contribution is 2.22. The first kappa shape index (κ1) is 18.7. The number of aliphatic hydroxyl groups is 2. The quantitative estimate of drug-likeness (QED) is 0.531. The van der Waals surface area contributed by atoms with Crippen LogP contribution in [0.5, 0.6) is 0 Å². The van der Waals surface area contributed by atoms with Crippen LogP contribution < -0.4 is 10.6 Å². The lowest BCUT2D eigenvalue weighted by molar-refractivity contribution is 0.250. The van der Waals surface area contributed by atoms with Crippen LogP contribution in [0.15, 0.2) is 52.9 Å². The summed E-state index contributed by atoms with van der Waals surface area (Å²) >= 11 is 0. The average Bonchev–Trinajstić information content (AvgIpc) is 2.60. The third-order valence-electron chi connectivity index (χ3n) is 3.63. The minimum atomic E-state index is 0.0162. The standard InChI is InChI=1S/C18H24N4O3/c1-2-25-18-12-17(15(19)11-16(18)20)21-13-3-5-14(6-4-13)22(7-9-23)8-10-24/h3-6,11-12,20,23-24H,2,7-10,19H2,1H3/b20-16?,21-17-. The zero-order valence-corrected chi connectivity index (χ0v) is 14.3. The van der Waals surface area contributed by atoms with Gasteiger partial charge in [-0.15, -0.1) is 0 Å². The van der Waals surface area contributed by atoms with Crippen molar-refractivity contribution in [2.75, 3.05) is 37.8 Å². The lowest BCUT2D eigenvalue weighted by atomic mass is 10.1. The van der Waals surface area contributed by atoms with Gasteiger partial charge in [0.25, 0.3) is 0 Å². The van der Waals surface area contributed by atoms with Crippen molar-refractivity contribution in [3.63, 3.8) is 0 Å². The number of allylic oxidation sites excluding steroid dienone is 2. The van der Waals surface area contributed by atoms with Crippen LogP contribution in [0.3, 0.4) is 0 Å². The van der Waals surface area contributed by atoms with E-state index in [-0.39, 0.29) is 18.9 Å². The number of aliphatic hydroxyl groups excluding tert-OH is 2. The second-order valence-corrected chi connectivity index (χ2v) is 5.40. The van der Waals surface area contributed by atoms with Gasteiger partial charge in [0.1, 0.15) is 5.76 Å². The fraction of sp³-hybridized carbons (Fsp3) is 0.333. The summed E-state index contributed by atoms with van der Waals surface area (Å²) in [7, 11) is 0. The van der Waals surface area contributed by atoms with Gasteiger partial charge in [-0.25, -0.2) is 4.99 Å². The van der Waals surface area contributed by atoms with Crippen LogP contribution in [-0.4, -0.2) is 54.5 Å². The summed E-state index contributed by atoms with van der Waals surface area (Å²) < 4.78 is 5.42. The Labute approximate surface area is 147 Å². The molecule has 0 aliphatic heterocycles. The highest BCUT2D eigenvalue weighted by atomic mass is 16.5. The van der Waals surface area contributed by atoms with Crippen molar-refractivity contribution in [2.24, 2.45) is 10.7 Å². The topological polar surface area (TPSA) is 115 Å². The van der Waals surface area contributed by atoms with Gasteiger partial charge in [-0.3, -0.25) is 5.41 Å². The molecule has 0 heterocycles. The molecule has 0 saturated heterocycles. The monoisotopic (exact) mass is 344 g/mol. The first-order valence-electron chi connectivity index (χ1n) is 8.15. The molecule has 0 unspecified atom stereocenters. The minimum absolute atomic E-state index is 0.0162. The van der Waals surface area contributed by atoms with Gasteiger partial charge in [0.15, 0.2) is 0 Å². The molecular weight excluding hydrogens is 320 g/mol. The zero-order valence-electron chi connectivity index (χ0n) is 14.3. The Bertz CT molecular complexity index is 687. The highest BCUT2D eigenvalue weighted by molar-refractivity contribution is 6.22. The zero-order chi connectivity index (χ0) is 18.2. The van der Waals surface area contributed by atoms with Crippen LogP contribution in [0.25, 0.3) is 0 Å². The van der Waals surface area contributed by atoms with E-state index in [0.717, 1.165) is 5.69 Å². The fourth-order valence-electron chi connectivity index (χ4n) is 2.45. The summed E-state index contributed by atoms with van der Waals surface area (Å²) in [5, 5.41) is 26.1. The molecule has 0 radical (unpaired) electrons. The summed E-state index contributed by atoms with van der Waals surface area (Å²) in [4.78, 5) is 6.40. The van der Waals surface area contributed by atoms with E-state index in [1.165, 1.54) is 6.08 Å². The third-order valence-corrected chi connectivity index (χ3v) is 3.63. The van der Waals surface area contributed by atoms with Crippen LogP contribution in [0.1, 0.15) is 6.92 Å². The van der Waals surface area contributed by atoms with Crippen molar-refractivity contribution in [3.05, 3.63) is 47.9 Å². The van der Waals surface area contributed by atoms with E-state index >= 15 is 0 Å². The van der Waals surface area contributed by atoms with E-state index in [4.69, 9.17) is 26.1 Å². The van der Waals surface area contributed by atoms with E-state index < -0.39 is 0 Å². The van der Waals surface area contributed by atoms with Crippen molar-refractivity contribution in [3.8, 4) is 0 Å². The molecule has 134 valence electrons. The summed E-state index contributed by atoms with van der Waals surface area (Å²) in [6.45, 7) is 3.26. The van der Waals surface area contributed by atoms with Crippen molar-refractivity contribution < 1.29 is 14.9 Å². The predicted octanol–water partition coefficient (Wildman–Crippen LogP) is 1.35. The Kier molecular flexibility index (Phi) is 6.73. The van der Waals surface area contributed by atoms with Crippen molar-refractivity contribution >= 4 is 22.8 Å². The number of nitrogens with zero attached hydrogens (tertiary/aromatic N) is 2. The van der Waals surface area contributed by atoms with Gasteiger partial charge in [-0.05, 0) is 37.3 Å². The van der Waals surface area contributed by atoms with Crippen molar-refractivity contribution in [2.45, 2.75) is 6.92 Å². The van der Waals surface area contributed by atoms with Gasteiger partial charge >= 0.3 is 0 Å². The van der Waals surface area contributed by atoms with Crippen LogP contribution in [0, 0.1) is 5.41 Å². The van der Waals surface area contributed by atoms with E-state index in [9.17, 15) is 0 Å². The van der Waals surface area contributed by atoms with E-state index in [1.54, 1.807) is 6.08 Å². The molecule has 0 aromatic heterocycles. The number of nitrogens with one attached hydrogen (secondary N) is 1. The van der Waals surface area contributed by atoms with Crippen LogP contribution >= 0.6 is 0 Å². The fourth-order valence-corrected chi connectivity index (χ4v) is 2.45. The molecule has 0 spiro atoms. The molecular formula is C18H24N4O3. The molecule has 1 aromatic carbocycles. The SMILES string of the molecule is CCOC1=C/C(=N/c2ccc(N(CCO)CCO)cc2)C(N)=CC1=N. The normalized spacial score (nSPS) is 15.8. The third kappa shape index (κ3) is 4.91. The largest absolute Gasteiger partial charge is 0.492 e. The molecule has 1 aromatic rings. The molecule has 25 heavy (non-hydrogen) atoms. The maximum Gasteiger partial charge on any atom is 0.146 e. The lowest BCUT2D eigenvalue weighted by Crippen LogP contribution is -2.29. The Hall–Kier alpha value is -2.64. The highest BCUT2D eigenvalue weighted by Gasteiger charge is 2.15. The van der Waals surface area contributed by atoms with Gasteiger partial charge in [0, 0.05) is 24.9 Å². The van der Waals surface area contributed by atoms with Crippen molar-refractivity contribution in [1.29, 1.82) is 5.41 Å². The average molecular weight is 344 g/mol. The van der Waals surface area contributed by atoms with Crippen LogP contribution in [0.4, 0.5) is 11.4 Å². The molecule has 0 fully saturated rings. The molecule has 2 rings (SSSR count). The molecule has 0 bridgehead atoms. The van der Waals surface area contributed by atoms with Crippen LogP contribution in [0.2, 0.25) is 0 Å². The number of ether oxygens (including phenoxy) is 1. The maximum atomic E-state index is 9.11. The second kappa shape index (κ2) is 9.00. The van der Waals surface area contributed by atoms with Gasteiger partial charge in [-0.2, -0.15) is 0 Å². The summed E-state index contributed by atoms with van der Waals surface area (Å²) in [6.07, 6.45) is 3.20. The van der Waals surface area contributed by atoms with Gasteiger partial charge in [-0.1, -0.05) is 0 Å². The number of anilines is 1. The molecule has 0 saturated carbocycles.